The molecule has 0 aliphatic heterocycles. The topological polar surface area (TPSA) is 59.8 Å². The van der Waals surface area contributed by atoms with Crippen molar-refractivity contribution in [1.29, 1.82) is 0 Å². The number of carbonyl (C=O) groups excluding carboxylic acids is 1. The fourth-order valence-corrected chi connectivity index (χ4v) is 1.58. The highest BCUT2D eigenvalue weighted by Crippen LogP contribution is 2.21. The Morgan fingerprint density at radius 1 is 1.47 bits per heavy atom. The van der Waals surface area contributed by atoms with E-state index in [1.807, 2.05) is 0 Å². The molecular formula is C11H11ClN4O. The molecule has 2 aromatic rings. The van der Waals surface area contributed by atoms with Gasteiger partial charge in [-0.1, -0.05) is 11.6 Å². The van der Waals surface area contributed by atoms with Crippen molar-refractivity contribution in [3.63, 3.8) is 0 Å². The number of anilines is 1. The summed E-state index contributed by atoms with van der Waals surface area (Å²) >= 11 is 5.85. The van der Waals surface area contributed by atoms with E-state index in [0.717, 1.165) is 5.69 Å². The van der Waals surface area contributed by atoms with Gasteiger partial charge in [0.15, 0.2) is 11.6 Å². The van der Waals surface area contributed by atoms with Gasteiger partial charge < -0.3 is 5.32 Å². The predicted molar refractivity (Wildman–Crippen MR) is 65.9 cm³/mol. The molecule has 0 saturated carbocycles. The zero-order chi connectivity index (χ0) is 12.4. The summed E-state index contributed by atoms with van der Waals surface area (Å²) in [5, 5.41) is 7.62. The van der Waals surface area contributed by atoms with Crippen LogP contribution >= 0.6 is 11.6 Å². The Morgan fingerprint density at radius 2 is 2.24 bits per heavy atom. The summed E-state index contributed by atoms with van der Waals surface area (Å²) in [6.07, 6.45) is 4.68. The maximum Gasteiger partial charge on any atom is 0.176 e. The molecular weight excluding hydrogens is 240 g/mol. The quantitative estimate of drug-likeness (QED) is 0.848. The summed E-state index contributed by atoms with van der Waals surface area (Å²) < 4.78 is 1.54. The monoisotopic (exact) mass is 250 g/mol. The lowest BCUT2D eigenvalue weighted by Crippen LogP contribution is -2.03. The molecule has 0 fully saturated rings. The molecule has 0 radical (unpaired) electrons. The molecule has 2 aromatic heterocycles. The second-order valence-electron chi connectivity index (χ2n) is 3.50. The van der Waals surface area contributed by atoms with Gasteiger partial charge in [-0.05, 0) is 13.0 Å². The number of nitrogens with one attached hydrogen (secondary N) is 1. The van der Waals surface area contributed by atoms with Crippen LogP contribution in [0, 0.1) is 0 Å². The first kappa shape index (κ1) is 11.6. The average molecular weight is 251 g/mol. The molecule has 0 unspecified atom stereocenters. The van der Waals surface area contributed by atoms with E-state index in [9.17, 15) is 4.79 Å². The highest BCUT2D eigenvalue weighted by molar-refractivity contribution is 6.30. The van der Waals surface area contributed by atoms with Crippen LogP contribution in [0.2, 0.25) is 5.02 Å². The van der Waals surface area contributed by atoms with Crippen molar-refractivity contribution in [2.45, 2.75) is 6.92 Å². The minimum absolute atomic E-state index is 0.0313. The van der Waals surface area contributed by atoms with Crippen molar-refractivity contribution >= 4 is 23.1 Å². The third kappa shape index (κ3) is 2.29. The SMILES string of the molecule is CNc1cc(Cl)cnc1-n1cc(C(C)=O)cn1. The number of aromatic nitrogens is 3. The first-order valence-electron chi connectivity index (χ1n) is 5.01. The number of Topliss-reactive ketones (excluding diaryl/α,β-unsaturated/α-hetero) is 1. The average Bonchev–Trinajstić information content (AvgIpc) is 2.78. The molecule has 0 amide bonds. The molecule has 2 heterocycles. The first-order valence-corrected chi connectivity index (χ1v) is 5.39. The Morgan fingerprint density at radius 3 is 2.82 bits per heavy atom. The lowest BCUT2D eigenvalue weighted by atomic mass is 10.3. The van der Waals surface area contributed by atoms with Crippen LogP contribution in [0.1, 0.15) is 17.3 Å². The van der Waals surface area contributed by atoms with Gasteiger partial charge in [0.2, 0.25) is 0 Å². The maximum atomic E-state index is 11.2. The van der Waals surface area contributed by atoms with E-state index in [2.05, 4.69) is 15.4 Å². The summed E-state index contributed by atoms with van der Waals surface area (Å²) in [5.74, 6) is 0.570. The number of rotatable bonds is 3. The number of ketones is 1. The fraction of sp³-hybridized carbons (Fsp3) is 0.182. The summed E-state index contributed by atoms with van der Waals surface area (Å²) in [5.41, 5.74) is 1.29. The molecule has 0 aliphatic carbocycles. The van der Waals surface area contributed by atoms with Crippen LogP contribution in [0.3, 0.4) is 0 Å². The van der Waals surface area contributed by atoms with Crippen LogP contribution in [0.4, 0.5) is 5.69 Å². The van der Waals surface area contributed by atoms with Crippen molar-refractivity contribution in [3.05, 3.63) is 35.2 Å². The summed E-state index contributed by atoms with van der Waals surface area (Å²) in [6, 6.07) is 1.75. The van der Waals surface area contributed by atoms with Crippen LogP contribution < -0.4 is 5.32 Å². The van der Waals surface area contributed by atoms with Gasteiger partial charge in [-0.3, -0.25) is 4.79 Å². The fourth-order valence-electron chi connectivity index (χ4n) is 1.42. The minimum atomic E-state index is -0.0313. The number of halogens is 1. The smallest absolute Gasteiger partial charge is 0.176 e. The van der Waals surface area contributed by atoms with Gasteiger partial charge in [-0.2, -0.15) is 5.10 Å². The number of hydrogen-bond donors (Lipinski definition) is 1. The van der Waals surface area contributed by atoms with E-state index < -0.39 is 0 Å². The normalized spacial score (nSPS) is 10.3. The lowest BCUT2D eigenvalue weighted by molar-refractivity contribution is 0.101. The van der Waals surface area contributed by atoms with Gasteiger partial charge in [0.1, 0.15) is 0 Å². The predicted octanol–water partition coefficient (Wildman–Crippen LogP) is 2.17. The molecule has 0 spiro atoms. The standard InChI is InChI=1S/C11H11ClN4O/c1-7(17)8-4-15-16(6-8)11-10(13-2)3-9(12)5-14-11/h3-6,13H,1-2H3. The van der Waals surface area contributed by atoms with Gasteiger partial charge in [0, 0.05) is 19.4 Å². The van der Waals surface area contributed by atoms with Gasteiger partial charge >= 0.3 is 0 Å². The third-order valence-corrected chi connectivity index (χ3v) is 2.52. The van der Waals surface area contributed by atoms with E-state index in [0.29, 0.717) is 16.4 Å². The summed E-state index contributed by atoms with van der Waals surface area (Å²) in [6.45, 7) is 1.50. The van der Waals surface area contributed by atoms with Crippen LogP contribution in [-0.4, -0.2) is 27.6 Å². The number of nitrogens with zero attached hydrogens (tertiary/aromatic N) is 3. The van der Waals surface area contributed by atoms with Crippen LogP contribution in [0.25, 0.3) is 5.82 Å². The second kappa shape index (κ2) is 4.55. The van der Waals surface area contributed by atoms with Crippen LogP contribution in [-0.2, 0) is 0 Å². The van der Waals surface area contributed by atoms with E-state index >= 15 is 0 Å². The molecule has 2 rings (SSSR count). The van der Waals surface area contributed by atoms with Gasteiger partial charge in [-0.15, -0.1) is 0 Å². The zero-order valence-electron chi connectivity index (χ0n) is 9.44. The molecule has 1 N–H and O–H groups in total. The Bertz CT molecular complexity index is 564. The maximum absolute atomic E-state index is 11.2. The Kier molecular flexibility index (Phi) is 3.10. The summed E-state index contributed by atoms with van der Waals surface area (Å²) in [7, 11) is 1.77. The van der Waals surface area contributed by atoms with Crippen molar-refractivity contribution in [2.24, 2.45) is 0 Å². The van der Waals surface area contributed by atoms with Crippen LogP contribution in [0.15, 0.2) is 24.7 Å². The Hall–Kier alpha value is -1.88. The highest BCUT2D eigenvalue weighted by atomic mass is 35.5. The minimum Gasteiger partial charge on any atom is -0.385 e. The van der Waals surface area contributed by atoms with Gasteiger partial charge in [0.05, 0.1) is 22.5 Å². The Balaban J connectivity index is 2.48. The number of hydrogen-bond acceptors (Lipinski definition) is 4. The molecule has 0 bridgehead atoms. The first-order chi connectivity index (χ1) is 8.11. The molecule has 0 saturated heterocycles. The van der Waals surface area contributed by atoms with E-state index in [-0.39, 0.29) is 5.78 Å². The van der Waals surface area contributed by atoms with Crippen molar-refractivity contribution in [1.82, 2.24) is 14.8 Å². The van der Waals surface area contributed by atoms with Gasteiger partial charge in [-0.25, -0.2) is 9.67 Å². The second-order valence-corrected chi connectivity index (χ2v) is 3.94. The number of carbonyl (C=O) groups is 1. The lowest BCUT2D eigenvalue weighted by Gasteiger charge is -2.07. The van der Waals surface area contributed by atoms with Gasteiger partial charge in [0.25, 0.3) is 0 Å². The van der Waals surface area contributed by atoms with Crippen molar-refractivity contribution in [2.75, 3.05) is 12.4 Å². The van der Waals surface area contributed by atoms with Crippen molar-refractivity contribution < 1.29 is 4.79 Å². The number of pyridine rings is 1. The van der Waals surface area contributed by atoms with E-state index in [1.54, 1.807) is 24.0 Å². The molecule has 17 heavy (non-hydrogen) atoms. The largest absolute Gasteiger partial charge is 0.385 e. The molecule has 0 aromatic carbocycles. The van der Waals surface area contributed by atoms with E-state index in [1.165, 1.54) is 19.3 Å². The Labute approximate surface area is 103 Å². The molecule has 0 atom stereocenters. The summed E-state index contributed by atoms with van der Waals surface area (Å²) in [4.78, 5) is 15.4. The molecule has 5 nitrogen and oxygen atoms in total. The zero-order valence-corrected chi connectivity index (χ0v) is 10.2. The van der Waals surface area contributed by atoms with Crippen molar-refractivity contribution in [3.8, 4) is 5.82 Å². The van der Waals surface area contributed by atoms with Crippen LogP contribution in [0.5, 0.6) is 0 Å². The third-order valence-electron chi connectivity index (χ3n) is 2.31. The molecule has 88 valence electrons. The van der Waals surface area contributed by atoms with E-state index in [4.69, 9.17) is 11.6 Å². The molecule has 6 heteroatoms. The molecule has 0 aliphatic rings. The highest BCUT2D eigenvalue weighted by Gasteiger charge is 2.09.